The highest BCUT2D eigenvalue weighted by atomic mass is 19.4. The lowest BCUT2D eigenvalue weighted by Crippen LogP contribution is -2.42. The minimum atomic E-state index is -4.33. The van der Waals surface area contributed by atoms with Gasteiger partial charge in [-0.2, -0.15) is 13.2 Å². The number of alkyl halides is 3. The topological polar surface area (TPSA) is 29.9 Å². The Morgan fingerprint density at radius 3 is 2.71 bits per heavy atom. The molecule has 2 aromatic rings. The molecule has 1 unspecified atom stereocenters. The normalized spacial score (nSPS) is 23.7. The van der Waals surface area contributed by atoms with Crippen molar-refractivity contribution >= 4 is 11.0 Å². The Morgan fingerprint density at radius 2 is 2.10 bits per heavy atom. The molecule has 1 N–H and O–H groups in total. The molecule has 114 valence electrons. The second-order valence-corrected chi connectivity index (χ2v) is 6.04. The Hall–Kier alpha value is -1.56. The Kier molecular flexibility index (Phi) is 3.24. The van der Waals surface area contributed by atoms with Crippen LogP contribution in [0.1, 0.15) is 31.2 Å². The first-order chi connectivity index (χ1) is 9.81. The van der Waals surface area contributed by atoms with Gasteiger partial charge in [-0.1, -0.05) is 6.92 Å². The number of aromatic nitrogens is 2. The number of aryl methyl sites for hydroxylation is 1. The van der Waals surface area contributed by atoms with Crippen LogP contribution < -0.4 is 5.32 Å². The summed E-state index contributed by atoms with van der Waals surface area (Å²) in [5, 5.41) is 3.35. The van der Waals surface area contributed by atoms with Crippen molar-refractivity contribution in [2.45, 2.75) is 31.4 Å². The third kappa shape index (κ3) is 2.41. The van der Waals surface area contributed by atoms with Gasteiger partial charge >= 0.3 is 6.18 Å². The number of halogens is 3. The van der Waals surface area contributed by atoms with E-state index >= 15 is 0 Å². The summed E-state index contributed by atoms with van der Waals surface area (Å²) in [7, 11) is 1.87. The Bertz CT molecular complexity index is 667. The summed E-state index contributed by atoms with van der Waals surface area (Å²) in [4.78, 5) is 4.50. The Balaban J connectivity index is 2.11. The van der Waals surface area contributed by atoms with Gasteiger partial charge in [-0.05, 0) is 37.6 Å². The van der Waals surface area contributed by atoms with Gasteiger partial charge in [0.25, 0.3) is 0 Å². The molecule has 1 saturated heterocycles. The lowest BCUT2D eigenvalue weighted by Gasteiger charge is -2.33. The van der Waals surface area contributed by atoms with Crippen LogP contribution in [0.15, 0.2) is 18.2 Å². The third-order valence-electron chi connectivity index (χ3n) is 4.35. The number of hydrogen-bond acceptors (Lipinski definition) is 2. The first-order valence-electron chi connectivity index (χ1n) is 7.06. The molecule has 0 radical (unpaired) electrons. The predicted octanol–water partition coefficient (Wildman–Crippen LogP) is 3.23. The van der Waals surface area contributed by atoms with E-state index in [0.717, 1.165) is 49.4 Å². The van der Waals surface area contributed by atoms with E-state index in [0.29, 0.717) is 5.52 Å². The highest BCUT2D eigenvalue weighted by Gasteiger charge is 2.35. The summed E-state index contributed by atoms with van der Waals surface area (Å²) < 4.78 is 40.3. The molecule has 1 fully saturated rings. The molecular formula is C15H18F3N3. The van der Waals surface area contributed by atoms with Crippen LogP contribution in [-0.2, 0) is 18.6 Å². The van der Waals surface area contributed by atoms with E-state index in [2.05, 4.69) is 17.2 Å². The zero-order valence-corrected chi connectivity index (χ0v) is 12.1. The quantitative estimate of drug-likeness (QED) is 0.876. The highest BCUT2D eigenvalue weighted by molar-refractivity contribution is 5.77. The molecule has 1 aliphatic heterocycles. The average Bonchev–Trinajstić information content (AvgIpc) is 2.76. The molecule has 21 heavy (non-hydrogen) atoms. The van der Waals surface area contributed by atoms with Gasteiger partial charge < -0.3 is 9.88 Å². The van der Waals surface area contributed by atoms with Gasteiger partial charge in [0.1, 0.15) is 5.82 Å². The maximum atomic E-state index is 12.8. The number of fused-ring (bicyclic) bond motifs is 1. The third-order valence-corrected chi connectivity index (χ3v) is 4.35. The maximum Gasteiger partial charge on any atom is 0.416 e. The van der Waals surface area contributed by atoms with Crippen LogP contribution in [0.3, 0.4) is 0 Å². The molecule has 1 aromatic heterocycles. The number of nitrogens with zero attached hydrogens (tertiary/aromatic N) is 2. The SMILES string of the molecule is Cn1c(C2(C)CCCNC2)nc2cc(C(F)(F)F)ccc21. The minimum Gasteiger partial charge on any atom is -0.331 e. The van der Waals surface area contributed by atoms with E-state index in [-0.39, 0.29) is 5.41 Å². The molecule has 1 atom stereocenters. The summed E-state index contributed by atoms with van der Waals surface area (Å²) in [6, 6.07) is 3.77. The van der Waals surface area contributed by atoms with Gasteiger partial charge in [0, 0.05) is 19.0 Å². The number of imidazole rings is 1. The van der Waals surface area contributed by atoms with Crippen LogP contribution in [0.5, 0.6) is 0 Å². The van der Waals surface area contributed by atoms with Gasteiger partial charge in [0.05, 0.1) is 16.6 Å². The molecule has 0 aliphatic carbocycles. The summed E-state index contributed by atoms with van der Waals surface area (Å²) >= 11 is 0. The van der Waals surface area contributed by atoms with Gasteiger partial charge in [0.2, 0.25) is 0 Å². The van der Waals surface area contributed by atoms with Gasteiger partial charge in [-0.15, -0.1) is 0 Å². The molecule has 3 rings (SSSR count). The van der Waals surface area contributed by atoms with Crippen LogP contribution in [0.2, 0.25) is 0 Å². The molecule has 6 heteroatoms. The summed E-state index contributed by atoms with van der Waals surface area (Å²) in [5.74, 6) is 0.851. The van der Waals surface area contributed by atoms with Crippen molar-refractivity contribution in [3.05, 3.63) is 29.6 Å². The Labute approximate surface area is 121 Å². The summed E-state index contributed by atoms with van der Waals surface area (Å²) in [5.41, 5.74) is 0.371. The van der Waals surface area contributed by atoms with Crippen molar-refractivity contribution in [1.29, 1.82) is 0 Å². The van der Waals surface area contributed by atoms with E-state index in [1.807, 2.05) is 11.6 Å². The number of benzene rings is 1. The van der Waals surface area contributed by atoms with Crippen molar-refractivity contribution in [2.75, 3.05) is 13.1 Å². The van der Waals surface area contributed by atoms with Crippen LogP contribution in [0, 0.1) is 0 Å². The first kappa shape index (κ1) is 14.4. The molecule has 0 saturated carbocycles. The number of nitrogens with one attached hydrogen (secondary N) is 1. The highest BCUT2D eigenvalue weighted by Crippen LogP contribution is 2.34. The molecule has 3 nitrogen and oxygen atoms in total. The zero-order valence-electron chi connectivity index (χ0n) is 12.1. The first-order valence-corrected chi connectivity index (χ1v) is 7.06. The van der Waals surface area contributed by atoms with Crippen molar-refractivity contribution in [2.24, 2.45) is 7.05 Å². The van der Waals surface area contributed by atoms with Crippen LogP contribution in [0.25, 0.3) is 11.0 Å². The number of piperidine rings is 1. The van der Waals surface area contributed by atoms with E-state index in [1.54, 1.807) is 0 Å². The molecular weight excluding hydrogens is 279 g/mol. The van der Waals surface area contributed by atoms with Crippen LogP contribution >= 0.6 is 0 Å². The largest absolute Gasteiger partial charge is 0.416 e. The maximum absolute atomic E-state index is 12.8. The molecule has 1 aliphatic rings. The van der Waals surface area contributed by atoms with Crippen LogP contribution in [-0.4, -0.2) is 22.6 Å². The Morgan fingerprint density at radius 1 is 1.33 bits per heavy atom. The zero-order chi connectivity index (χ0) is 15.3. The van der Waals surface area contributed by atoms with Crippen molar-refractivity contribution in [3.63, 3.8) is 0 Å². The van der Waals surface area contributed by atoms with Crippen molar-refractivity contribution in [1.82, 2.24) is 14.9 Å². The summed E-state index contributed by atoms with van der Waals surface area (Å²) in [6.07, 6.45) is -2.29. The summed E-state index contributed by atoms with van der Waals surface area (Å²) in [6.45, 7) is 3.90. The van der Waals surface area contributed by atoms with Crippen molar-refractivity contribution in [3.8, 4) is 0 Å². The second kappa shape index (κ2) is 4.73. The molecule has 2 heterocycles. The van der Waals surface area contributed by atoms with E-state index in [4.69, 9.17) is 0 Å². The van der Waals surface area contributed by atoms with Gasteiger partial charge in [-0.25, -0.2) is 4.98 Å². The van der Waals surface area contributed by atoms with Crippen molar-refractivity contribution < 1.29 is 13.2 Å². The minimum absolute atomic E-state index is 0.135. The lowest BCUT2D eigenvalue weighted by atomic mass is 9.82. The number of hydrogen-bond donors (Lipinski definition) is 1. The smallest absolute Gasteiger partial charge is 0.331 e. The fraction of sp³-hybridized carbons (Fsp3) is 0.533. The lowest BCUT2D eigenvalue weighted by molar-refractivity contribution is -0.137. The van der Waals surface area contributed by atoms with E-state index in [1.165, 1.54) is 6.07 Å². The average molecular weight is 297 g/mol. The van der Waals surface area contributed by atoms with E-state index in [9.17, 15) is 13.2 Å². The fourth-order valence-corrected chi connectivity index (χ4v) is 3.16. The monoisotopic (exact) mass is 297 g/mol. The standard InChI is InChI=1S/C15H18F3N3/c1-14(6-3-7-19-9-14)13-20-11-8-10(15(16,17)18)4-5-12(11)21(13)2/h4-5,8,19H,3,6-7,9H2,1-2H3. The van der Waals surface area contributed by atoms with E-state index < -0.39 is 11.7 Å². The van der Waals surface area contributed by atoms with Crippen LogP contribution in [0.4, 0.5) is 13.2 Å². The molecule has 1 aromatic carbocycles. The van der Waals surface area contributed by atoms with Gasteiger partial charge in [-0.3, -0.25) is 0 Å². The predicted molar refractivity (Wildman–Crippen MR) is 75.2 cm³/mol. The number of rotatable bonds is 1. The molecule has 0 amide bonds. The molecule has 0 bridgehead atoms. The second-order valence-electron chi connectivity index (χ2n) is 6.04. The molecule has 0 spiro atoms. The van der Waals surface area contributed by atoms with Gasteiger partial charge in [0.15, 0.2) is 0 Å². The fourth-order valence-electron chi connectivity index (χ4n) is 3.16.